The zero-order valence-corrected chi connectivity index (χ0v) is 14.4. The number of carbonyl (C=O) groups is 2. The Morgan fingerprint density at radius 3 is 2.42 bits per heavy atom. The van der Waals surface area contributed by atoms with Gasteiger partial charge in [-0.2, -0.15) is 0 Å². The van der Waals surface area contributed by atoms with Gasteiger partial charge in [0.1, 0.15) is 11.2 Å². The number of oxazole rings is 1. The molecule has 6 heteroatoms. The van der Waals surface area contributed by atoms with Crippen molar-refractivity contribution < 1.29 is 18.7 Å². The molecule has 1 aromatic heterocycles. The van der Waals surface area contributed by atoms with Gasteiger partial charge in [-0.15, -0.1) is 0 Å². The first-order valence-corrected chi connectivity index (χ1v) is 7.80. The number of aromatic nitrogens is 1. The lowest BCUT2D eigenvalue weighted by Gasteiger charge is -2.30. The molecule has 0 aliphatic heterocycles. The molecule has 0 aliphatic rings. The van der Waals surface area contributed by atoms with Gasteiger partial charge in [0.25, 0.3) is 5.91 Å². The third-order valence-electron chi connectivity index (χ3n) is 4.18. The van der Waals surface area contributed by atoms with Gasteiger partial charge in [-0.25, -0.2) is 4.98 Å². The van der Waals surface area contributed by atoms with E-state index in [9.17, 15) is 9.59 Å². The van der Waals surface area contributed by atoms with E-state index < -0.39 is 5.41 Å². The molecular formula is C18H22N2O4. The smallest absolute Gasteiger partial charge is 0.318 e. The number of hydrogen-bond acceptors (Lipinski definition) is 5. The zero-order valence-electron chi connectivity index (χ0n) is 14.4. The maximum Gasteiger partial charge on any atom is 0.318 e. The highest BCUT2D eigenvalue weighted by molar-refractivity contribution is 5.94. The summed E-state index contributed by atoms with van der Waals surface area (Å²) in [6.07, 6.45) is 0.487. The average molecular weight is 330 g/mol. The number of amides is 1. The molecule has 0 fully saturated rings. The van der Waals surface area contributed by atoms with Gasteiger partial charge in [0.05, 0.1) is 7.11 Å². The minimum atomic E-state index is -0.946. The van der Waals surface area contributed by atoms with Crippen LogP contribution in [0.3, 0.4) is 0 Å². The van der Waals surface area contributed by atoms with Crippen molar-refractivity contribution in [1.29, 1.82) is 0 Å². The number of nitrogens with zero attached hydrogens (tertiary/aromatic N) is 1. The van der Waals surface area contributed by atoms with E-state index in [1.807, 2.05) is 37.3 Å². The summed E-state index contributed by atoms with van der Waals surface area (Å²) in [5.41, 5.74) is 0.0846. The van der Waals surface area contributed by atoms with E-state index in [0.29, 0.717) is 18.1 Å². The van der Waals surface area contributed by atoms with Crippen molar-refractivity contribution in [3.05, 3.63) is 53.2 Å². The van der Waals surface area contributed by atoms with Crippen LogP contribution in [0.2, 0.25) is 0 Å². The standard InChI is InChI=1S/C18H22N2O4/c1-5-18(17(22)23-4,14-9-7-6-8-10-14)11-19-16(21)15-12(2)24-13(3)20-15/h6-10H,5,11H2,1-4H3,(H,19,21)/t18-/m1/s1. The largest absolute Gasteiger partial charge is 0.468 e. The molecule has 1 aromatic carbocycles. The van der Waals surface area contributed by atoms with Gasteiger partial charge in [0, 0.05) is 13.5 Å². The SMILES string of the molecule is CC[C@](CNC(=O)c1nc(C)oc1C)(C(=O)OC)c1ccccc1. The van der Waals surface area contributed by atoms with E-state index in [0.717, 1.165) is 5.56 Å². The van der Waals surface area contributed by atoms with Crippen molar-refractivity contribution in [2.45, 2.75) is 32.6 Å². The van der Waals surface area contributed by atoms with Crippen molar-refractivity contribution in [1.82, 2.24) is 10.3 Å². The van der Waals surface area contributed by atoms with Crippen molar-refractivity contribution in [2.24, 2.45) is 0 Å². The van der Waals surface area contributed by atoms with Crippen LogP contribution in [0.1, 0.15) is 41.0 Å². The van der Waals surface area contributed by atoms with E-state index in [1.165, 1.54) is 7.11 Å². The molecule has 1 N–H and O–H groups in total. The number of hydrogen-bond donors (Lipinski definition) is 1. The lowest BCUT2D eigenvalue weighted by molar-refractivity contribution is -0.147. The van der Waals surface area contributed by atoms with E-state index in [1.54, 1.807) is 13.8 Å². The lowest BCUT2D eigenvalue weighted by Crippen LogP contribution is -2.47. The van der Waals surface area contributed by atoms with Crippen LogP contribution in [0, 0.1) is 13.8 Å². The number of methoxy groups -OCH3 is 1. The Balaban J connectivity index is 2.28. The number of ether oxygens (including phenoxy) is 1. The summed E-state index contributed by atoms with van der Waals surface area (Å²) in [5.74, 6) is 0.117. The Morgan fingerprint density at radius 1 is 1.25 bits per heavy atom. The highest BCUT2D eigenvalue weighted by Crippen LogP contribution is 2.29. The second-order valence-corrected chi connectivity index (χ2v) is 5.61. The van der Waals surface area contributed by atoms with Crippen LogP contribution in [0.4, 0.5) is 0 Å². The molecule has 1 atom stereocenters. The van der Waals surface area contributed by atoms with Gasteiger partial charge >= 0.3 is 5.97 Å². The van der Waals surface area contributed by atoms with E-state index in [2.05, 4.69) is 10.3 Å². The first kappa shape index (κ1) is 17.7. The fourth-order valence-corrected chi connectivity index (χ4v) is 2.77. The second kappa shape index (κ2) is 7.29. The number of rotatable bonds is 6. The Kier molecular flexibility index (Phi) is 5.39. The highest BCUT2D eigenvalue weighted by Gasteiger charge is 2.40. The minimum absolute atomic E-state index is 0.115. The van der Waals surface area contributed by atoms with E-state index >= 15 is 0 Å². The maximum absolute atomic E-state index is 12.5. The van der Waals surface area contributed by atoms with Crippen molar-refractivity contribution in [3.8, 4) is 0 Å². The molecule has 0 radical (unpaired) electrons. The second-order valence-electron chi connectivity index (χ2n) is 5.61. The van der Waals surface area contributed by atoms with Gasteiger partial charge < -0.3 is 14.5 Å². The van der Waals surface area contributed by atoms with Gasteiger partial charge in [0.15, 0.2) is 11.6 Å². The normalized spacial score (nSPS) is 13.2. The predicted octanol–water partition coefficient (Wildman–Crippen LogP) is 2.54. The first-order valence-electron chi connectivity index (χ1n) is 7.80. The van der Waals surface area contributed by atoms with Crippen LogP contribution in [0.25, 0.3) is 0 Å². The van der Waals surface area contributed by atoms with Gasteiger partial charge in [-0.1, -0.05) is 37.3 Å². The van der Waals surface area contributed by atoms with Crippen molar-refractivity contribution in [2.75, 3.05) is 13.7 Å². The fourth-order valence-electron chi connectivity index (χ4n) is 2.77. The summed E-state index contributed by atoms with van der Waals surface area (Å²) in [5, 5.41) is 2.80. The maximum atomic E-state index is 12.5. The fraction of sp³-hybridized carbons (Fsp3) is 0.389. The molecule has 0 unspecified atom stereocenters. The summed E-state index contributed by atoms with van der Waals surface area (Å²) in [6, 6.07) is 9.31. The molecular weight excluding hydrogens is 308 g/mol. The monoisotopic (exact) mass is 330 g/mol. The number of esters is 1. The quantitative estimate of drug-likeness (QED) is 0.823. The number of aryl methyl sites for hydroxylation is 2. The van der Waals surface area contributed by atoms with Crippen molar-refractivity contribution >= 4 is 11.9 Å². The van der Waals surface area contributed by atoms with Crippen LogP contribution in [0.5, 0.6) is 0 Å². The van der Waals surface area contributed by atoms with Crippen LogP contribution >= 0.6 is 0 Å². The summed E-state index contributed by atoms with van der Waals surface area (Å²) < 4.78 is 10.3. The van der Waals surface area contributed by atoms with E-state index in [4.69, 9.17) is 9.15 Å². The molecule has 2 aromatic rings. The summed E-state index contributed by atoms with van der Waals surface area (Å²) in [4.78, 5) is 29.0. The Labute approximate surface area is 141 Å². The van der Waals surface area contributed by atoms with Gasteiger partial charge in [-0.3, -0.25) is 9.59 Å². The molecule has 2 rings (SSSR count). The van der Waals surface area contributed by atoms with Crippen LogP contribution in [-0.4, -0.2) is 30.5 Å². The van der Waals surface area contributed by atoms with Crippen LogP contribution in [-0.2, 0) is 14.9 Å². The molecule has 128 valence electrons. The topological polar surface area (TPSA) is 81.4 Å². The molecule has 0 bridgehead atoms. The number of nitrogens with one attached hydrogen (secondary N) is 1. The van der Waals surface area contributed by atoms with Gasteiger partial charge in [0.2, 0.25) is 0 Å². The van der Waals surface area contributed by atoms with Gasteiger partial charge in [-0.05, 0) is 18.9 Å². The minimum Gasteiger partial charge on any atom is -0.468 e. The van der Waals surface area contributed by atoms with E-state index in [-0.39, 0.29) is 24.1 Å². The Bertz CT molecular complexity index is 724. The predicted molar refractivity (Wildman–Crippen MR) is 88.7 cm³/mol. The molecule has 0 spiro atoms. The summed E-state index contributed by atoms with van der Waals surface area (Å²) in [7, 11) is 1.35. The molecule has 0 saturated carbocycles. The molecule has 24 heavy (non-hydrogen) atoms. The van der Waals surface area contributed by atoms with Crippen LogP contribution in [0.15, 0.2) is 34.7 Å². The molecule has 0 saturated heterocycles. The molecule has 0 aliphatic carbocycles. The third-order valence-corrected chi connectivity index (χ3v) is 4.18. The van der Waals surface area contributed by atoms with Crippen molar-refractivity contribution in [3.63, 3.8) is 0 Å². The third kappa shape index (κ3) is 3.32. The highest BCUT2D eigenvalue weighted by atomic mass is 16.5. The summed E-state index contributed by atoms with van der Waals surface area (Å²) >= 11 is 0. The zero-order chi connectivity index (χ0) is 17.7. The molecule has 1 heterocycles. The Hall–Kier alpha value is -2.63. The summed E-state index contributed by atoms with van der Waals surface area (Å²) in [6.45, 7) is 5.37. The number of carbonyl (C=O) groups excluding carboxylic acids is 2. The lowest BCUT2D eigenvalue weighted by atomic mass is 9.78. The Morgan fingerprint density at radius 2 is 1.92 bits per heavy atom. The van der Waals surface area contributed by atoms with Crippen LogP contribution < -0.4 is 5.32 Å². The molecule has 1 amide bonds. The number of benzene rings is 1. The molecule has 6 nitrogen and oxygen atoms in total. The average Bonchev–Trinajstić information content (AvgIpc) is 2.94. The first-order chi connectivity index (χ1) is 11.4.